The molecule has 0 bridgehead atoms. The maximum Gasteiger partial charge on any atom is 0.0979 e. The first kappa shape index (κ1) is 36.7. The molecule has 0 aliphatic rings. The van der Waals surface area contributed by atoms with Crippen molar-refractivity contribution in [3.8, 4) is 33.9 Å². The topological polar surface area (TPSA) is 35.6 Å². The van der Waals surface area contributed by atoms with Gasteiger partial charge < -0.3 is 9.13 Å². The lowest BCUT2D eigenvalue weighted by Crippen LogP contribution is -1.98. The van der Waals surface area contributed by atoms with Crippen molar-refractivity contribution in [2.75, 3.05) is 0 Å². The summed E-state index contributed by atoms with van der Waals surface area (Å²) in [5, 5.41) is 14.6. The van der Waals surface area contributed by atoms with Gasteiger partial charge in [-0.25, -0.2) is 9.97 Å². The first-order valence-corrected chi connectivity index (χ1v) is 23.6. The Kier molecular flexibility index (Phi) is 7.63. The molecular formula is C62H36N4S. The molecule has 4 heterocycles. The van der Waals surface area contributed by atoms with Crippen molar-refractivity contribution in [1.29, 1.82) is 0 Å². The smallest absolute Gasteiger partial charge is 0.0979 e. The highest BCUT2D eigenvalue weighted by Crippen LogP contribution is 2.44. The van der Waals surface area contributed by atoms with Crippen molar-refractivity contribution in [3.05, 3.63) is 218 Å². The number of thiophene rings is 1. The fraction of sp³-hybridized carbons (Fsp3) is 0. The van der Waals surface area contributed by atoms with Crippen LogP contribution >= 0.6 is 11.3 Å². The second-order valence-corrected chi connectivity index (χ2v) is 18.8. The highest BCUT2D eigenvalue weighted by atomic mass is 32.1. The molecule has 4 aromatic heterocycles. The summed E-state index contributed by atoms with van der Waals surface area (Å²) in [5.41, 5.74) is 12.6. The van der Waals surface area contributed by atoms with Gasteiger partial charge in [-0.3, -0.25) is 0 Å². The molecule has 310 valence electrons. The first-order chi connectivity index (χ1) is 33.2. The molecule has 15 aromatic rings. The molecule has 0 aliphatic heterocycles. The number of nitrogens with zero attached hydrogens (tertiary/aromatic N) is 4. The Bertz CT molecular complexity index is 4590. The van der Waals surface area contributed by atoms with Crippen LogP contribution in [-0.2, 0) is 0 Å². The zero-order valence-electron chi connectivity index (χ0n) is 36.0. The van der Waals surface area contributed by atoms with Gasteiger partial charge in [-0.1, -0.05) is 146 Å². The van der Waals surface area contributed by atoms with E-state index in [4.69, 9.17) is 9.97 Å². The summed E-state index contributed by atoms with van der Waals surface area (Å²) in [6.45, 7) is 0. The zero-order chi connectivity index (χ0) is 43.7. The van der Waals surface area contributed by atoms with Crippen molar-refractivity contribution < 1.29 is 0 Å². The molecule has 15 rings (SSSR count). The highest BCUT2D eigenvalue weighted by molar-refractivity contribution is 7.25. The molecule has 67 heavy (non-hydrogen) atoms. The van der Waals surface area contributed by atoms with E-state index in [-0.39, 0.29) is 0 Å². The molecule has 0 spiro atoms. The Balaban J connectivity index is 0.976. The molecule has 0 aliphatic carbocycles. The van der Waals surface area contributed by atoms with E-state index in [1.54, 1.807) is 0 Å². The number of rotatable bonds is 4. The number of hydrogen-bond donors (Lipinski definition) is 0. The zero-order valence-corrected chi connectivity index (χ0v) is 36.8. The lowest BCUT2D eigenvalue weighted by molar-refractivity contribution is 1.16. The van der Waals surface area contributed by atoms with E-state index >= 15 is 0 Å². The van der Waals surface area contributed by atoms with E-state index < -0.39 is 0 Å². The quantitative estimate of drug-likeness (QED) is 0.177. The van der Waals surface area contributed by atoms with E-state index in [0.717, 1.165) is 61.2 Å². The largest absolute Gasteiger partial charge is 0.309 e. The molecule has 0 N–H and O–H groups in total. The van der Waals surface area contributed by atoms with Crippen LogP contribution in [0.5, 0.6) is 0 Å². The van der Waals surface area contributed by atoms with Crippen molar-refractivity contribution in [2.45, 2.75) is 0 Å². The highest BCUT2D eigenvalue weighted by Gasteiger charge is 2.21. The maximum atomic E-state index is 5.41. The summed E-state index contributed by atoms with van der Waals surface area (Å²) in [6.07, 6.45) is 0. The Morgan fingerprint density at radius 2 is 0.955 bits per heavy atom. The summed E-state index contributed by atoms with van der Waals surface area (Å²) >= 11 is 1.83. The fourth-order valence-corrected chi connectivity index (χ4v) is 12.1. The Morgan fingerprint density at radius 3 is 1.84 bits per heavy atom. The van der Waals surface area contributed by atoms with Crippen LogP contribution in [0.25, 0.3) is 141 Å². The SMILES string of the molecule is c1ccc2cc3c(cc2c1)c1ccc(-n2c4ccccc4c4ccc5ccccc5c42)cc1n3-c1ccc2ccc(-c3nc4ccccc4nc3-c3cccc4sc5ccccc5c34)cc2c1. The van der Waals surface area contributed by atoms with Crippen molar-refractivity contribution >= 4 is 118 Å². The molecule has 5 heteroatoms. The third-order valence-corrected chi connectivity index (χ3v) is 15.2. The second-order valence-electron chi connectivity index (χ2n) is 17.7. The molecule has 0 saturated heterocycles. The summed E-state index contributed by atoms with van der Waals surface area (Å²) in [4.78, 5) is 10.8. The van der Waals surface area contributed by atoms with Gasteiger partial charge in [0.05, 0.1) is 44.5 Å². The molecule has 0 amide bonds. The Labute approximate surface area is 387 Å². The third kappa shape index (κ3) is 5.40. The first-order valence-electron chi connectivity index (χ1n) is 22.8. The predicted octanol–water partition coefficient (Wildman–Crippen LogP) is 17.0. The van der Waals surface area contributed by atoms with Crippen LogP contribution in [0.4, 0.5) is 0 Å². The molecule has 0 saturated carbocycles. The van der Waals surface area contributed by atoms with Gasteiger partial charge >= 0.3 is 0 Å². The Hall–Kier alpha value is -8.64. The van der Waals surface area contributed by atoms with Gasteiger partial charge in [0.1, 0.15) is 0 Å². The van der Waals surface area contributed by atoms with Gasteiger partial charge in [-0.2, -0.15) is 0 Å². The van der Waals surface area contributed by atoms with Gasteiger partial charge in [0, 0.05) is 69.6 Å². The number of fused-ring (bicyclic) bond motifs is 14. The van der Waals surface area contributed by atoms with Crippen LogP contribution in [-0.4, -0.2) is 19.1 Å². The number of para-hydroxylation sites is 3. The average Bonchev–Trinajstić information content (AvgIpc) is 4.05. The fourth-order valence-electron chi connectivity index (χ4n) is 11.0. The average molecular weight is 869 g/mol. The van der Waals surface area contributed by atoms with Crippen molar-refractivity contribution in [3.63, 3.8) is 0 Å². The molecule has 4 nitrogen and oxygen atoms in total. The number of benzene rings is 11. The van der Waals surface area contributed by atoms with Crippen LogP contribution in [0.1, 0.15) is 0 Å². The normalized spacial score (nSPS) is 12.2. The minimum absolute atomic E-state index is 0.875. The number of aromatic nitrogens is 4. The minimum atomic E-state index is 0.875. The van der Waals surface area contributed by atoms with Crippen molar-refractivity contribution in [2.24, 2.45) is 0 Å². The van der Waals surface area contributed by atoms with Crippen LogP contribution < -0.4 is 0 Å². The molecule has 11 aromatic carbocycles. The molecule has 0 atom stereocenters. The Morgan fingerprint density at radius 1 is 0.328 bits per heavy atom. The van der Waals surface area contributed by atoms with E-state index in [0.29, 0.717) is 0 Å². The van der Waals surface area contributed by atoms with Crippen molar-refractivity contribution in [1.82, 2.24) is 19.1 Å². The molecular weight excluding hydrogens is 833 g/mol. The lowest BCUT2D eigenvalue weighted by Gasteiger charge is -2.14. The van der Waals surface area contributed by atoms with E-state index in [9.17, 15) is 0 Å². The molecule has 0 unspecified atom stereocenters. The third-order valence-electron chi connectivity index (χ3n) is 14.0. The second kappa shape index (κ2) is 13.9. The van der Waals surface area contributed by atoms with E-state index in [2.05, 4.69) is 215 Å². The standard InChI is InChI=1S/C62H36N4S/c1-2-14-40-35-55-51(34-39(40)13-1)47-31-29-44(66-54-21-9-5-16-46(54)48-30-27-38-12-3-4-15-45(38)62(48)66)36-56(47)65(55)43-28-26-37-24-25-41(32-42(37)33-43)60-61(64-53-20-8-7-19-52(53)63-60)50-18-11-23-58-59(50)49-17-6-10-22-57(49)67-58/h1-36H. The maximum absolute atomic E-state index is 5.41. The van der Waals surface area contributed by atoms with Gasteiger partial charge in [-0.15, -0.1) is 11.3 Å². The minimum Gasteiger partial charge on any atom is -0.309 e. The van der Waals surface area contributed by atoms with Gasteiger partial charge in [-0.05, 0) is 99.7 Å². The van der Waals surface area contributed by atoms with Crippen LogP contribution in [0.3, 0.4) is 0 Å². The van der Waals surface area contributed by atoms with Crippen LogP contribution in [0.2, 0.25) is 0 Å². The van der Waals surface area contributed by atoms with Gasteiger partial charge in [0.2, 0.25) is 0 Å². The molecule has 0 fully saturated rings. The summed E-state index contributed by atoms with van der Waals surface area (Å²) in [5.74, 6) is 0. The van der Waals surface area contributed by atoms with Gasteiger partial charge in [0.15, 0.2) is 0 Å². The van der Waals surface area contributed by atoms with Crippen LogP contribution in [0, 0.1) is 0 Å². The monoisotopic (exact) mass is 868 g/mol. The summed E-state index contributed by atoms with van der Waals surface area (Å²) in [6, 6.07) is 79.8. The van der Waals surface area contributed by atoms with E-state index in [1.165, 1.54) is 79.8 Å². The lowest BCUT2D eigenvalue weighted by atomic mass is 9.97. The number of hydrogen-bond acceptors (Lipinski definition) is 3. The predicted molar refractivity (Wildman–Crippen MR) is 284 cm³/mol. The summed E-state index contributed by atoms with van der Waals surface area (Å²) < 4.78 is 7.46. The van der Waals surface area contributed by atoms with Gasteiger partial charge in [0.25, 0.3) is 0 Å². The summed E-state index contributed by atoms with van der Waals surface area (Å²) in [7, 11) is 0. The van der Waals surface area contributed by atoms with Crippen LogP contribution in [0.15, 0.2) is 218 Å². The van der Waals surface area contributed by atoms with E-state index in [1.807, 2.05) is 23.5 Å². The molecule has 0 radical (unpaired) electrons.